The van der Waals surface area contributed by atoms with Crippen molar-refractivity contribution in [3.8, 4) is 17.4 Å². The molecule has 1 aliphatic heterocycles. The molecule has 1 saturated carbocycles. The molecule has 3 heterocycles. The number of hydrogen-bond donors (Lipinski definition) is 0. The minimum absolute atomic E-state index is 0.0410. The monoisotopic (exact) mass is 581 g/mol. The first kappa shape index (κ1) is 30.4. The number of ether oxygens (including phenoxy) is 2. The fraction of sp³-hybridized carbons (Fsp3) is 0.719. The number of Topliss-reactive ketones (excluding diaryl/α,β-unsaturated/α-hetero) is 1. The van der Waals surface area contributed by atoms with Gasteiger partial charge in [-0.3, -0.25) is 9.69 Å². The van der Waals surface area contributed by atoms with E-state index in [1.807, 2.05) is 26.8 Å². The molecule has 42 heavy (non-hydrogen) atoms. The van der Waals surface area contributed by atoms with E-state index in [0.29, 0.717) is 49.2 Å². The summed E-state index contributed by atoms with van der Waals surface area (Å²) in [7, 11) is 3.89. The van der Waals surface area contributed by atoms with Gasteiger partial charge < -0.3 is 18.9 Å². The van der Waals surface area contributed by atoms with E-state index in [1.54, 1.807) is 11.9 Å². The first-order valence-corrected chi connectivity index (χ1v) is 15.7. The average molecular weight is 582 g/mol. The van der Waals surface area contributed by atoms with Crippen LogP contribution in [0.3, 0.4) is 0 Å². The van der Waals surface area contributed by atoms with Crippen LogP contribution in [0.1, 0.15) is 102 Å². The number of aromatic nitrogens is 3. The van der Waals surface area contributed by atoms with Crippen molar-refractivity contribution >= 4 is 11.9 Å². The fourth-order valence-electron chi connectivity index (χ4n) is 6.86. The average Bonchev–Trinajstić information content (AvgIpc) is 3.56. The molecule has 230 valence electrons. The lowest BCUT2D eigenvalue weighted by Crippen LogP contribution is -2.41. The van der Waals surface area contributed by atoms with Gasteiger partial charge in [0, 0.05) is 43.4 Å². The Balaban J connectivity index is 1.40. The zero-order valence-corrected chi connectivity index (χ0v) is 26.2. The smallest absolute Gasteiger partial charge is 0.410 e. The Morgan fingerprint density at radius 2 is 1.98 bits per heavy atom. The van der Waals surface area contributed by atoms with E-state index in [-0.39, 0.29) is 18.0 Å². The van der Waals surface area contributed by atoms with Gasteiger partial charge in [0.2, 0.25) is 5.88 Å². The molecule has 0 unspecified atom stereocenters. The van der Waals surface area contributed by atoms with Crippen LogP contribution >= 0.6 is 0 Å². The number of fused-ring (bicyclic) bond motifs is 2. The summed E-state index contributed by atoms with van der Waals surface area (Å²) in [5, 5.41) is 4.48. The summed E-state index contributed by atoms with van der Waals surface area (Å²) >= 11 is 0. The van der Waals surface area contributed by atoms with E-state index >= 15 is 0 Å². The molecule has 1 saturated heterocycles. The van der Waals surface area contributed by atoms with Gasteiger partial charge in [-0.2, -0.15) is 4.98 Å². The molecular weight excluding hydrogens is 534 g/mol. The molecule has 10 nitrogen and oxygen atoms in total. The molecule has 0 N–H and O–H groups in total. The highest BCUT2D eigenvalue weighted by molar-refractivity contribution is 5.91. The Hall–Kier alpha value is -3.01. The van der Waals surface area contributed by atoms with Crippen molar-refractivity contribution in [2.75, 3.05) is 27.2 Å². The van der Waals surface area contributed by atoms with Crippen molar-refractivity contribution in [2.24, 2.45) is 0 Å². The predicted octanol–water partition coefficient (Wildman–Crippen LogP) is 5.51. The van der Waals surface area contributed by atoms with Crippen LogP contribution in [-0.4, -0.2) is 81.7 Å². The number of aryl methyl sites for hydroxylation is 1. The summed E-state index contributed by atoms with van der Waals surface area (Å²) in [5.74, 6) is 1.99. The van der Waals surface area contributed by atoms with Crippen LogP contribution in [0.4, 0.5) is 4.79 Å². The molecule has 0 bridgehead atoms. The number of nitrogens with zero attached hydrogens (tertiary/aromatic N) is 5. The Morgan fingerprint density at radius 3 is 2.69 bits per heavy atom. The maximum atomic E-state index is 13.2. The minimum atomic E-state index is -0.554. The molecular formula is C32H47N5O5. The quantitative estimate of drug-likeness (QED) is 0.398. The van der Waals surface area contributed by atoms with Gasteiger partial charge in [-0.25, -0.2) is 9.78 Å². The zero-order chi connectivity index (χ0) is 30.1. The zero-order valence-electron chi connectivity index (χ0n) is 26.2. The topological polar surface area (TPSA) is 111 Å². The molecule has 2 aromatic rings. The van der Waals surface area contributed by atoms with Crippen molar-refractivity contribution in [2.45, 2.75) is 121 Å². The number of hydrogen-bond acceptors (Lipinski definition) is 9. The van der Waals surface area contributed by atoms with Crippen LogP contribution in [0.25, 0.3) is 11.5 Å². The molecule has 10 heteroatoms. The third kappa shape index (κ3) is 6.48. The molecule has 0 aromatic carbocycles. The molecule has 0 radical (unpaired) electrons. The lowest BCUT2D eigenvalue weighted by molar-refractivity contribution is -0.128. The van der Waals surface area contributed by atoms with E-state index < -0.39 is 11.0 Å². The number of carbonyl (C=O) groups excluding carboxylic acids is 2. The third-order valence-corrected chi connectivity index (χ3v) is 9.07. The molecule has 3 aliphatic rings. The second-order valence-electron chi connectivity index (χ2n) is 13.4. The summed E-state index contributed by atoms with van der Waals surface area (Å²) in [6.07, 6.45) is 9.10. The van der Waals surface area contributed by atoms with Crippen LogP contribution < -0.4 is 4.74 Å². The maximum absolute atomic E-state index is 13.2. The molecule has 5 rings (SSSR count). The van der Waals surface area contributed by atoms with E-state index in [4.69, 9.17) is 24.0 Å². The van der Waals surface area contributed by atoms with Gasteiger partial charge >= 0.3 is 6.09 Å². The van der Waals surface area contributed by atoms with E-state index in [0.717, 1.165) is 74.9 Å². The fourth-order valence-corrected chi connectivity index (χ4v) is 6.86. The number of rotatable bonds is 8. The number of likely N-dealkylation sites (tertiary alicyclic amines) is 1. The van der Waals surface area contributed by atoms with Crippen LogP contribution in [0, 0.1) is 0 Å². The molecule has 2 fully saturated rings. The number of amides is 1. The van der Waals surface area contributed by atoms with Crippen LogP contribution in [-0.2, 0) is 27.8 Å². The molecule has 1 amide bonds. The van der Waals surface area contributed by atoms with E-state index in [2.05, 4.69) is 24.0 Å². The van der Waals surface area contributed by atoms with Crippen LogP contribution in [0.2, 0.25) is 0 Å². The highest BCUT2D eigenvalue weighted by Crippen LogP contribution is 2.47. The maximum Gasteiger partial charge on any atom is 0.410 e. The Bertz CT molecular complexity index is 1290. The standard InChI is InChI=1S/C32H47N5O5/c1-21(24-14-11-18-36(24)5)40-26-20-22(12-10-19-37(6)30(39)41-31(2,3)4)33-29(34-26)27-23-13-9-17-32(28(23)42-35-27)16-8-7-15-25(32)38/h20-21,24H,7-19H2,1-6H3/t21-,24-,32+/m0/s1. The van der Waals surface area contributed by atoms with E-state index in [1.165, 1.54) is 0 Å². The largest absolute Gasteiger partial charge is 0.473 e. The highest BCUT2D eigenvalue weighted by Gasteiger charge is 2.48. The third-order valence-electron chi connectivity index (χ3n) is 9.07. The first-order chi connectivity index (χ1) is 20.0. The van der Waals surface area contributed by atoms with Crippen molar-refractivity contribution in [3.63, 3.8) is 0 Å². The van der Waals surface area contributed by atoms with Gasteiger partial charge in [-0.15, -0.1) is 0 Å². The number of carbonyl (C=O) groups is 2. The lowest BCUT2D eigenvalue weighted by Gasteiger charge is -2.36. The van der Waals surface area contributed by atoms with Gasteiger partial charge in [0.05, 0.1) is 5.41 Å². The molecule has 3 atom stereocenters. The van der Waals surface area contributed by atoms with Gasteiger partial charge in [0.25, 0.3) is 0 Å². The molecule has 2 aromatic heterocycles. The molecule has 1 spiro atoms. The first-order valence-electron chi connectivity index (χ1n) is 15.7. The van der Waals surface area contributed by atoms with Crippen molar-refractivity contribution in [1.29, 1.82) is 0 Å². The SMILES string of the molecule is C[C@H](Oc1cc(CCCN(C)C(=O)OC(C)(C)C)nc(-c2noc3c2CCC[C@@]32CCCCC2=O)n1)[C@@H]1CCCN1C. The van der Waals surface area contributed by atoms with Gasteiger partial charge in [0.1, 0.15) is 17.5 Å². The highest BCUT2D eigenvalue weighted by atomic mass is 16.6. The summed E-state index contributed by atoms with van der Waals surface area (Å²) < 4.78 is 17.9. The van der Waals surface area contributed by atoms with Crippen LogP contribution in [0.5, 0.6) is 5.88 Å². The summed E-state index contributed by atoms with van der Waals surface area (Å²) in [4.78, 5) is 39.3. The van der Waals surface area contributed by atoms with Crippen molar-refractivity contribution in [1.82, 2.24) is 24.9 Å². The summed E-state index contributed by atoms with van der Waals surface area (Å²) in [6, 6.07) is 2.23. The number of likely N-dealkylation sites (N-methyl/N-ethyl adjacent to an activating group) is 1. The predicted molar refractivity (Wildman–Crippen MR) is 159 cm³/mol. The second kappa shape index (κ2) is 12.3. The van der Waals surface area contributed by atoms with Gasteiger partial charge in [-0.1, -0.05) is 11.6 Å². The summed E-state index contributed by atoms with van der Waals surface area (Å²) in [5.41, 5.74) is 1.30. The second-order valence-corrected chi connectivity index (χ2v) is 13.4. The number of ketones is 1. The van der Waals surface area contributed by atoms with Gasteiger partial charge in [0.15, 0.2) is 17.3 Å². The van der Waals surface area contributed by atoms with Crippen molar-refractivity contribution in [3.05, 3.63) is 23.1 Å². The normalized spacial score (nSPS) is 23.6. The molecule has 2 aliphatic carbocycles. The summed E-state index contributed by atoms with van der Waals surface area (Å²) in [6.45, 7) is 9.28. The van der Waals surface area contributed by atoms with Crippen LogP contribution in [0.15, 0.2) is 10.6 Å². The minimum Gasteiger partial charge on any atom is -0.473 e. The van der Waals surface area contributed by atoms with E-state index in [9.17, 15) is 9.59 Å². The van der Waals surface area contributed by atoms with Crippen molar-refractivity contribution < 1.29 is 23.6 Å². The Labute approximate surface area is 249 Å². The Kier molecular flexibility index (Phi) is 8.92. The lowest BCUT2D eigenvalue weighted by atomic mass is 9.64. The Morgan fingerprint density at radius 1 is 1.19 bits per heavy atom. The van der Waals surface area contributed by atoms with Gasteiger partial charge in [-0.05, 0) is 99.1 Å².